The summed E-state index contributed by atoms with van der Waals surface area (Å²) in [6.45, 7) is 3.29. The van der Waals surface area contributed by atoms with Crippen molar-refractivity contribution < 1.29 is 9.47 Å². The number of rotatable bonds is 5. The molecule has 0 aromatic heterocycles. The van der Waals surface area contributed by atoms with E-state index in [-0.39, 0.29) is 0 Å². The maximum absolute atomic E-state index is 5.32. The summed E-state index contributed by atoms with van der Waals surface area (Å²) in [6, 6.07) is 5.74. The van der Waals surface area contributed by atoms with Gasteiger partial charge in [0.25, 0.3) is 0 Å². The molecule has 1 aliphatic carbocycles. The van der Waals surface area contributed by atoms with Crippen LogP contribution in [0.25, 0.3) is 0 Å². The monoisotopic (exact) mass is 305 g/mol. The van der Waals surface area contributed by atoms with Crippen molar-refractivity contribution in [3.05, 3.63) is 18.2 Å². The highest BCUT2D eigenvalue weighted by molar-refractivity contribution is 5.93. The maximum atomic E-state index is 5.32. The van der Waals surface area contributed by atoms with E-state index in [1.807, 2.05) is 18.2 Å². The van der Waals surface area contributed by atoms with Gasteiger partial charge >= 0.3 is 0 Å². The summed E-state index contributed by atoms with van der Waals surface area (Å²) in [4.78, 5) is 4.30. The molecular formula is C17H27N3O2. The van der Waals surface area contributed by atoms with Gasteiger partial charge in [0.2, 0.25) is 0 Å². The molecule has 1 saturated carbocycles. The lowest BCUT2D eigenvalue weighted by atomic mass is 9.89. The van der Waals surface area contributed by atoms with E-state index in [4.69, 9.17) is 9.47 Å². The topological polar surface area (TPSA) is 54.9 Å². The van der Waals surface area contributed by atoms with Crippen molar-refractivity contribution in [2.24, 2.45) is 10.4 Å². The highest BCUT2D eigenvalue weighted by Gasteiger charge is 2.28. The Morgan fingerprint density at radius 2 is 1.86 bits per heavy atom. The molecule has 2 rings (SSSR count). The number of hydrogen-bond acceptors (Lipinski definition) is 3. The van der Waals surface area contributed by atoms with Crippen LogP contribution in [0, 0.1) is 5.41 Å². The maximum Gasteiger partial charge on any atom is 0.195 e. The van der Waals surface area contributed by atoms with Crippen molar-refractivity contribution in [3.8, 4) is 11.5 Å². The highest BCUT2D eigenvalue weighted by atomic mass is 16.5. The largest absolute Gasteiger partial charge is 0.493 e. The molecule has 0 atom stereocenters. The Kier molecular flexibility index (Phi) is 5.52. The number of guanidine groups is 1. The van der Waals surface area contributed by atoms with Gasteiger partial charge in [-0.15, -0.1) is 0 Å². The zero-order chi connectivity index (χ0) is 16.0. The standard InChI is InChI=1S/C17H27N3O2/c1-17(9-5-6-10-17)12-19-16(18-2)20-13-7-8-14(21-3)15(11-13)22-4/h7-8,11H,5-6,9-10,12H2,1-4H3,(H2,18,19,20). The van der Waals surface area contributed by atoms with Crippen LogP contribution in [-0.2, 0) is 0 Å². The van der Waals surface area contributed by atoms with Crippen molar-refractivity contribution in [2.75, 3.05) is 33.1 Å². The third kappa shape index (κ3) is 4.06. The van der Waals surface area contributed by atoms with Gasteiger partial charge in [-0.3, -0.25) is 4.99 Å². The number of anilines is 1. The van der Waals surface area contributed by atoms with Crippen LogP contribution in [0.4, 0.5) is 5.69 Å². The van der Waals surface area contributed by atoms with Gasteiger partial charge < -0.3 is 20.1 Å². The average Bonchev–Trinajstić information content (AvgIpc) is 2.98. The lowest BCUT2D eigenvalue weighted by Crippen LogP contribution is -2.38. The third-order valence-corrected chi connectivity index (χ3v) is 4.36. The second-order valence-electron chi connectivity index (χ2n) is 6.14. The van der Waals surface area contributed by atoms with Crippen LogP contribution in [0.1, 0.15) is 32.6 Å². The van der Waals surface area contributed by atoms with Crippen molar-refractivity contribution in [1.29, 1.82) is 0 Å². The average molecular weight is 305 g/mol. The first-order valence-electron chi connectivity index (χ1n) is 7.80. The molecule has 0 bridgehead atoms. The van der Waals surface area contributed by atoms with Gasteiger partial charge in [-0.25, -0.2) is 0 Å². The smallest absolute Gasteiger partial charge is 0.195 e. The van der Waals surface area contributed by atoms with Gasteiger partial charge in [0.15, 0.2) is 17.5 Å². The zero-order valence-corrected chi connectivity index (χ0v) is 14.0. The van der Waals surface area contributed by atoms with E-state index in [1.54, 1.807) is 21.3 Å². The van der Waals surface area contributed by atoms with Crippen LogP contribution in [-0.4, -0.2) is 33.8 Å². The normalized spacial score (nSPS) is 17.2. The molecule has 0 spiro atoms. The van der Waals surface area contributed by atoms with Gasteiger partial charge in [-0.2, -0.15) is 0 Å². The summed E-state index contributed by atoms with van der Waals surface area (Å²) < 4.78 is 10.6. The third-order valence-electron chi connectivity index (χ3n) is 4.36. The fraction of sp³-hybridized carbons (Fsp3) is 0.588. The SMILES string of the molecule is CN=C(NCC1(C)CCCC1)Nc1ccc(OC)c(OC)c1. The number of hydrogen-bond donors (Lipinski definition) is 2. The number of nitrogens with zero attached hydrogens (tertiary/aromatic N) is 1. The number of methoxy groups -OCH3 is 2. The van der Waals surface area contributed by atoms with E-state index in [0.717, 1.165) is 23.9 Å². The molecule has 2 N–H and O–H groups in total. The molecule has 0 heterocycles. The first-order valence-corrected chi connectivity index (χ1v) is 7.80. The summed E-state index contributed by atoms with van der Waals surface area (Å²) >= 11 is 0. The molecule has 22 heavy (non-hydrogen) atoms. The molecule has 0 unspecified atom stereocenters. The Bertz CT molecular complexity index is 523. The summed E-state index contributed by atoms with van der Waals surface area (Å²) in [5.74, 6) is 2.19. The minimum Gasteiger partial charge on any atom is -0.493 e. The summed E-state index contributed by atoms with van der Waals surface area (Å²) in [5.41, 5.74) is 1.30. The Balaban J connectivity index is 1.98. The minimum atomic E-state index is 0.384. The van der Waals surface area contributed by atoms with Gasteiger partial charge in [-0.05, 0) is 30.4 Å². The number of nitrogens with one attached hydrogen (secondary N) is 2. The summed E-state index contributed by atoms with van der Waals surface area (Å²) in [5, 5.41) is 6.73. The van der Waals surface area contributed by atoms with Gasteiger partial charge in [0, 0.05) is 25.3 Å². The van der Waals surface area contributed by atoms with Gasteiger partial charge in [0.05, 0.1) is 14.2 Å². The van der Waals surface area contributed by atoms with Crippen molar-refractivity contribution in [3.63, 3.8) is 0 Å². The Morgan fingerprint density at radius 1 is 1.18 bits per heavy atom. The van der Waals surface area contributed by atoms with Gasteiger partial charge in [-0.1, -0.05) is 19.8 Å². The predicted octanol–water partition coefficient (Wildman–Crippen LogP) is 3.27. The number of ether oxygens (including phenoxy) is 2. The van der Waals surface area contributed by atoms with Crippen LogP contribution in [0.3, 0.4) is 0 Å². The molecule has 0 saturated heterocycles. The molecule has 5 heteroatoms. The molecule has 1 fully saturated rings. The molecule has 1 aliphatic rings. The highest BCUT2D eigenvalue weighted by Crippen LogP contribution is 2.36. The van der Waals surface area contributed by atoms with Crippen LogP contribution >= 0.6 is 0 Å². The van der Waals surface area contributed by atoms with Crippen LogP contribution in [0.5, 0.6) is 11.5 Å². The summed E-state index contributed by atoms with van der Waals surface area (Å²) in [7, 11) is 5.05. The Labute approximate surface area is 133 Å². The summed E-state index contributed by atoms with van der Waals surface area (Å²) in [6.07, 6.45) is 5.24. The van der Waals surface area contributed by atoms with E-state index in [2.05, 4.69) is 22.5 Å². The first kappa shape index (κ1) is 16.5. The zero-order valence-electron chi connectivity index (χ0n) is 14.0. The van der Waals surface area contributed by atoms with Crippen LogP contribution < -0.4 is 20.1 Å². The second kappa shape index (κ2) is 7.38. The van der Waals surface area contributed by atoms with Crippen LogP contribution in [0.2, 0.25) is 0 Å². The molecule has 0 radical (unpaired) electrons. The van der Waals surface area contributed by atoms with Crippen molar-refractivity contribution >= 4 is 11.6 Å². The van der Waals surface area contributed by atoms with Crippen molar-refractivity contribution in [2.45, 2.75) is 32.6 Å². The lowest BCUT2D eigenvalue weighted by Gasteiger charge is -2.25. The first-order chi connectivity index (χ1) is 10.6. The van der Waals surface area contributed by atoms with E-state index in [9.17, 15) is 0 Å². The number of aliphatic imine (C=N–C) groups is 1. The fourth-order valence-corrected chi connectivity index (χ4v) is 2.93. The number of benzene rings is 1. The molecular weight excluding hydrogens is 278 g/mol. The van der Waals surface area contributed by atoms with Crippen LogP contribution in [0.15, 0.2) is 23.2 Å². The second-order valence-corrected chi connectivity index (χ2v) is 6.14. The molecule has 5 nitrogen and oxygen atoms in total. The Hall–Kier alpha value is -1.91. The molecule has 122 valence electrons. The predicted molar refractivity (Wildman–Crippen MR) is 91.1 cm³/mol. The fourth-order valence-electron chi connectivity index (χ4n) is 2.93. The van der Waals surface area contributed by atoms with E-state index >= 15 is 0 Å². The van der Waals surface area contributed by atoms with E-state index in [1.165, 1.54) is 25.7 Å². The lowest BCUT2D eigenvalue weighted by molar-refractivity contribution is 0.335. The Morgan fingerprint density at radius 3 is 2.45 bits per heavy atom. The van der Waals surface area contributed by atoms with Crippen molar-refractivity contribution in [1.82, 2.24) is 5.32 Å². The van der Waals surface area contributed by atoms with E-state index in [0.29, 0.717) is 11.2 Å². The molecule has 1 aromatic rings. The minimum absolute atomic E-state index is 0.384. The molecule has 0 amide bonds. The molecule has 0 aliphatic heterocycles. The van der Waals surface area contributed by atoms with E-state index < -0.39 is 0 Å². The molecule has 1 aromatic carbocycles. The quantitative estimate of drug-likeness (QED) is 0.647. The van der Waals surface area contributed by atoms with Gasteiger partial charge in [0.1, 0.15) is 0 Å².